The fourth-order valence-electron chi connectivity index (χ4n) is 3.68. The highest BCUT2D eigenvalue weighted by atomic mass is 19.1. The third kappa shape index (κ3) is 7.83. The van der Waals surface area contributed by atoms with E-state index in [-0.39, 0.29) is 11.9 Å². The van der Waals surface area contributed by atoms with E-state index in [0.717, 1.165) is 42.8 Å². The van der Waals surface area contributed by atoms with Gasteiger partial charge in [0.15, 0.2) is 0 Å². The number of ether oxygens (including phenoxy) is 2. The van der Waals surface area contributed by atoms with Crippen molar-refractivity contribution < 1.29 is 18.7 Å². The lowest BCUT2D eigenvalue weighted by molar-refractivity contribution is 0.0690. The van der Waals surface area contributed by atoms with E-state index in [2.05, 4.69) is 25.8 Å². The Balaban J connectivity index is 1.63. The molecule has 2 aromatic rings. The first-order chi connectivity index (χ1) is 15.4. The summed E-state index contributed by atoms with van der Waals surface area (Å²) in [5.41, 5.74) is 1.85. The average Bonchev–Trinajstić information content (AvgIpc) is 2.79. The van der Waals surface area contributed by atoms with Crippen LogP contribution in [-0.4, -0.2) is 49.2 Å². The first kappa shape index (κ1) is 24.1. The number of carbonyl (C=O) groups excluding carboxylic acids is 1. The molecule has 1 aliphatic heterocycles. The SMILES string of the molecule is CC(C)COc1ccc(CN(Cc2ccc(F)cc2)C(=O)OCC2CCN(C)CC2)cc1. The van der Waals surface area contributed by atoms with E-state index in [1.54, 1.807) is 17.0 Å². The quantitative estimate of drug-likeness (QED) is 0.526. The fourth-order valence-corrected chi connectivity index (χ4v) is 3.68. The molecule has 0 N–H and O–H groups in total. The molecule has 5 nitrogen and oxygen atoms in total. The van der Waals surface area contributed by atoms with Gasteiger partial charge in [0, 0.05) is 13.1 Å². The summed E-state index contributed by atoms with van der Waals surface area (Å²) in [6.07, 6.45) is 1.74. The molecular formula is C26H35FN2O3. The topological polar surface area (TPSA) is 42.0 Å². The molecule has 6 heteroatoms. The average molecular weight is 443 g/mol. The van der Waals surface area contributed by atoms with Crippen LogP contribution in [0.25, 0.3) is 0 Å². The van der Waals surface area contributed by atoms with Crippen LogP contribution in [0.4, 0.5) is 9.18 Å². The number of benzene rings is 2. The normalized spacial score (nSPS) is 15.0. The second-order valence-corrected chi connectivity index (χ2v) is 9.15. The van der Waals surface area contributed by atoms with E-state index < -0.39 is 0 Å². The first-order valence-corrected chi connectivity index (χ1v) is 11.5. The second-order valence-electron chi connectivity index (χ2n) is 9.15. The van der Waals surface area contributed by atoms with E-state index in [9.17, 15) is 9.18 Å². The van der Waals surface area contributed by atoms with Crippen molar-refractivity contribution in [1.29, 1.82) is 0 Å². The lowest BCUT2D eigenvalue weighted by Gasteiger charge is -2.29. The minimum Gasteiger partial charge on any atom is -0.493 e. The Morgan fingerprint density at radius 3 is 2.16 bits per heavy atom. The van der Waals surface area contributed by atoms with Crippen molar-refractivity contribution in [2.24, 2.45) is 11.8 Å². The summed E-state index contributed by atoms with van der Waals surface area (Å²) in [5.74, 6) is 1.39. The maximum absolute atomic E-state index is 13.3. The fraction of sp³-hybridized carbons (Fsp3) is 0.500. The molecule has 3 rings (SSSR count). The van der Waals surface area contributed by atoms with Gasteiger partial charge in [0.05, 0.1) is 13.2 Å². The Morgan fingerprint density at radius 2 is 1.59 bits per heavy atom. The predicted molar refractivity (Wildman–Crippen MR) is 124 cm³/mol. The monoisotopic (exact) mass is 442 g/mol. The molecule has 0 radical (unpaired) electrons. The lowest BCUT2D eigenvalue weighted by atomic mass is 9.98. The smallest absolute Gasteiger partial charge is 0.410 e. The molecule has 1 heterocycles. The van der Waals surface area contributed by atoms with Crippen molar-refractivity contribution in [2.45, 2.75) is 39.8 Å². The molecule has 0 spiro atoms. The summed E-state index contributed by atoms with van der Waals surface area (Å²) in [5, 5.41) is 0. The van der Waals surface area contributed by atoms with Gasteiger partial charge in [-0.2, -0.15) is 0 Å². The highest BCUT2D eigenvalue weighted by Gasteiger charge is 2.21. The molecule has 0 atom stereocenters. The molecule has 1 saturated heterocycles. The van der Waals surface area contributed by atoms with Gasteiger partial charge in [0.1, 0.15) is 11.6 Å². The minimum absolute atomic E-state index is 0.290. The second kappa shape index (κ2) is 11.9. The maximum Gasteiger partial charge on any atom is 0.410 e. The number of piperidine rings is 1. The van der Waals surface area contributed by atoms with Crippen LogP contribution in [0.15, 0.2) is 48.5 Å². The molecule has 0 aliphatic carbocycles. The lowest BCUT2D eigenvalue weighted by Crippen LogP contribution is -2.35. The summed E-state index contributed by atoms with van der Waals surface area (Å²) < 4.78 is 24.8. The predicted octanol–water partition coefficient (Wildman–Crippen LogP) is 5.34. The Kier molecular flexibility index (Phi) is 8.91. The number of carbonyl (C=O) groups is 1. The van der Waals surface area contributed by atoms with Crippen molar-refractivity contribution >= 4 is 6.09 Å². The van der Waals surface area contributed by atoms with Crippen LogP contribution in [0.3, 0.4) is 0 Å². The molecular weight excluding hydrogens is 407 g/mol. The summed E-state index contributed by atoms with van der Waals surface area (Å²) in [4.78, 5) is 16.9. The van der Waals surface area contributed by atoms with Gasteiger partial charge >= 0.3 is 6.09 Å². The van der Waals surface area contributed by atoms with Crippen molar-refractivity contribution in [1.82, 2.24) is 9.80 Å². The summed E-state index contributed by atoms with van der Waals surface area (Å²) in [6, 6.07) is 14.0. The van der Waals surface area contributed by atoms with E-state index in [1.165, 1.54) is 12.1 Å². The third-order valence-electron chi connectivity index (χ3n) is 5.71. The largest absolute Gasteiger partial charge is 0.493 e. The van der Waals surface area contributed by atoms with Gasteiger partial charge in [-0.25, -0.2) is 9.18 Å². The van der Waals surface area contributed by atoms with Crippen LogP contribution in [0.1, 0.15) is 37.8 Å². The van der Waals surface area contributed by atoms with Crippen LogP contribution in [-0.2, 0) is 17.8 Å². The maximum atomic E-state index is 13.3. The molecule has 2 aromatic carbocycles. The summed E-state index contributed by atoms with van der Waals surface area (Å²) in [6.45, 7) is 8.16. The molecule has 32 heavy (non-hydrogen) atoms. The number of hydrogen-bond acceptors (Lipinski definition) is 4. The number of rotatable bonds is 9. The summed E-state index contributed by atoms with van der Waals surface area (Å²) >= 11 is 0. The number of amides is 1. The van der Waals surface area contributed by atoms with Crippen LogP contribution >= 0.6 is 0 Å². The molecule has 0 unspecified atom stereocenters. The van der Waals surface area contributed by atoms with Crippen molar-refractivity contribution in [3.05, 3.63) is 65.5 Å². The van der Waals surface area contributed by atoms with E-state index in [0.29, 0.717) is 38.1 Å². The van der Waals surface area contributed by atoms with Gasteiger partial charge in [0.2, 0.25) is 0 Å². The highest BCUT2D eigenvalue weighted by Crippen LogP contribution is 2.19. The number of hydrogen-bond donors (Lipinski definition) is 0. The standard InChI is InChI=1S/C26H35FN2O3/c1-20(2)18-31-25-10-6-22(7-11-25)17-29(16-21-4-8-24(27)9-5-21)26(30)32-19-23-12-14-28(3)15-13-23/h4-11,20,23H,12-19H2,1-3H3. The Labute approximate surface area is 191 Å². The molecule has 1 fully saturated rings. The number of nitrogens with zero attached hydrogens (tertiary/aromatic N) is 2. The minimum atomic E-state index is -0.339. The van der Waals surface area contributed by atoms with Gasteiger partial charge in [-0.15, -0.1) is 0 Å². The third-order valence-corrected chi connectivity index (χ3v) is 5.71. The van der Waals surface area contributed by atoms with Crippen LogP contribution in [0.2, 0.25) is 0 Å². The van der Waals surface area contributed by atoms with Gasteiger partial charge in [0.25, 0.3) is 0 Å². The Morgan fingerprint density at radius 1 is 1.03 bits per heavy atom. The first-order valence-electron chi connectivity index (χ1n) is 11.5. The van der Waals surface area contributed by atoms with Crippen molar-refractivity contribution in [3.8, 4) is 5.75 Å². The van der Waals surface area contributed by atoms with Gasteiger partial charge in [-0.05, 0) is 80.2 Å². The number of likely N-dealkylation sites (tertiary alicyclic amines) is 1. The van der Waals surface area contributed by atoms with E-state index in [1.807, 2.05) is 24.3 Å². The molecule has 0 bridgehead atoms. The van der Waals surface area contributed by atoms with E-state index in [4.69, 9.17) is 9.47 Å². The van der Waals surface area contributed by atoms with Crippen LogP contribution < -0.4 is 4.74 Å². The molecule has 0 saturated carbocycles. The van der Waals surface area contributed by atoms with Gasteiger partial charge in [-0.1, -0.05) is 38.1 Å². The van der Waals surface area contributed by atoms with Crippen LogP contribution in [0, 0.1) is 17.7 Å². The zero-order valence-corrected chi connectivity index (χ0v) is 19.4. The Bertz CT molecular complexity index is 831. The highest BCUT2D eigenvalue weighted by molar-refractivity contribution is 5.67. The van der Waals surface area contributed by atoms with Crippen molar-refractivity contribution in [2.75, 3.05) is 33.4 Å². The molecule has 1 aliphatic rings. The van der Waals surface area contributed by atoms with Gasteiger partial charge in [-0.3, -0.25) is 4.90 Å². The van der Waals surface area contributed by atoms with Gasteiger partial charge < -0.3 is 14.4 Å². The van der Waals surface area contributed by atoms with Crippen molar-refractivity contribution in [3.63, 3.8) is 0 Å². The molecule has 1 amide bonds. The molecule has 0 aromatic heterocycles. The zero-order chi connectivity index (χ0) is 22.9. The van der Waals surface area contributed by atoms with Crippen LogP contribution in [0.5, 0.6) is 5.75 Å². The summed E-state index contributed by atoms with van der Waals surface area (Å²) in [7, 11) is 2.12. The molecule has 174 valence electrons. The Hall–Kier alpha value is -2.60. The van der Waals surface area contributed by atoms with E-state index >= 15 is 0 Å². The number of halogens is 1. The zero-order valence-electron chi connectivity index (χ0n) is 19.4.